The highest BCUT2D eigenvalue weighted by Crippen LogP contribution is 2.40. The molecule has 1 aliphatic rings. The molecule has 1 heterocycles. The van der Waals surface area contributed by atoms with Gasteiger partial charge < -0.3 is 15.4 Å². The van der Waals surface area contributed by atoms with Crippen molar-refractivity contribution >= 4 is 23.3 Å². The van der Waals surface area contributed by atoms with Crippen LogP contribution in [0, 0.1) is 5.82 Å². The second-order valence-corrected chi connectivity index (χ2v) is 7.33. The minimum absolute atomic E-state index is 0.0970. The van der Waals surface area contributed by atoms with Gasteiger partial charge >= 0.3 is 6.18 Å². The Kier molecular flexibility index (Phi) is 6.21. The largest absolute Gasteiger partial charge is 0.481 e. The van der Waals surface area contributed by atoms with Crippen molar-refractivity contribution in [2.75, 3.05) is 19.0 Å². The van der Waals surface area contributed by atoms with Gasteiger partial charge in [-0.3, -0.25) is 0 Å². The molecule has 29 heavy (non-hydrogen) atoms. The fourth-order valence-corrected chi connectivity index (χ4v) is 3.71. The molecule has 156 valence electrons. The number of nitrogens with one attached hydrogen (secondary N) is 2. The highest BCUT2D eigenvalue weighted by Gasteiger charge is 2.36. The van der Waals surface area contributed by atoms with Crippen LogP contribution in [0.3, 0.4) is 0 Å². The minimum atomic E-state index is -4.64. The van der Waals surface area contributed by atoms with Crippen molar-refractivity contribution in [3.63, 3.8) is 0 Å². The number of rotatable bonds is 5. The Balaban J connectivity index is 1.71. The van der Waals surface area contributed by atoms with Crippen molar-refractivity contribution in [1.82, 2.24) is 15.3 Å². The van der Waals surface area contributed by atoms with Crippen LogP contribution in [0.4, 0.5) is 23.5 Å². The maximum absolute atomic E-state index is 13.3. The van der Waals surface area contributed by atoms with Crippen LogP contribution in [0.15, 0.2) is 30.3 Å². The van der Waals surface area contributed by atoms with Gasteiger partial charge in [0.15, 0.2) is 10.8 Å². The first-order valence-corrected chi connectivity index (χ1v) is 9.44. The van der Waals surface area contributed by atoms with Crippen molar-refractivity contribution in [1.29, 1.82) is 0 Å². The summed E-state index contributed by atoms with van der Waals surface area (Å²) in [6.07, 6.45) is -0.761. The number of thiocarbonyl (C=S) groups is 1. The van der Waals surface area contributed by atoms with Crippen LogP contribution in [0.25, 0.3) is 0 Å². The summed E-state index contributed by atoms with van der Waals surface area (Å²) in [7, 11) is 1.22. The third-order valence-electron chi connectivity index (χ3n) is 5.03. The van der Waals surface area contributed by atoms with Gasteiger partial charge in [0, 0.05) is 18.0 Å². The first kappa shape index (κ1) is 21.2. The molecule has 10 heteroatoms. The zero-order valence-corrected chi connectivity index (χ0v) is 16.5. The SMILES string of the molecule is COc1cc(C(F)(F)F)nc(NC(=S)NCC2(c3ccc(F)cc3)CCCC2)n1. The van der Waals surface area contributed by atoms with Gasteiger partial charge in [-0.05, 0) is 42.8 Å². The van der Waals surface area contributed by atoms with Crippen LogP contribution in [0.2, 0.25) is 0 Å². The molecule has 1 aromatic carbocycles. The van der Waals surface area contributed by atoms with Crippen LogP contribution in [0.5, 0.6) is 5.88 Å². The quantitative estimate of drug-likeness (QED) is 0.542. The molecule has 0 saturated heterocycles. The number of hydrogen-bond donors (Lipinski definition) is 2. The molecule has 0 amide bonds. The zero-order chi connectivity index (χ0) is 21.1. The van der Waals surface area contributed by atoms with E-state index < -0.39 is 11.9 Å². The Morgan fingerprint density at radius 2 is 1.83 bits per heavy atom. The first-order chi connectivity index (χ1) is 13.7. The zero-order valence-electron chi connectivity index (χ0n) is 15.6. The van der Waals surface area contributed by atoms with Gasteiger partial charge in [-0.25, -0.2) is 9.37 Å². The molecule has 0 spiro atoms. The van der Waals surface area contributed by atoms with Gasteiger partial charge in [0.1, 0.15) is 5.82 Å². The fraction of sp³-hybridized carbons (Fsp3) is 0.421. The second-order valence-electron chi connectivity index (χ2n) is 6.92. The van der Waals surface area contributed by atoms with Crippen LogP contribution in [-0.4, -0.2) is 28.7 Å². The van der Waals surface area contributed by atoms with E-state index in [-0.39, 0.29) is 28.2 Å². The number of ether oxygens (including phenoxy) is 1. The van der Waals surface area contributed by atoms with Crippen molar-refractivity contribution in [3.8, 4) is 5.88 Å². The molecule has 0 bridgehead atoms. The predicted molar refractivity (Wildman–Crippen MR) is 104 cm³/mol. The Hall–Kier alpha value is -2.49. The normalized spacial score (nSPS) is 15.8. The molecule has 1 fully saturated rings. The van der Waals surface area contributed by atoms with Crippen LogP contribution < -0.4 is 15.4 Å². The molecule has 5 nitrogen and oxygen atoms in total. The lowest BCUT2D eigenvalue weighted by Gasteiger charge is -2.30. The minimum Gasteiger partial charge on any atom is -0.481 e. The number of alkyl halides is 3. The highest BCUT2D eigenvalue weighted by molar-refractivity contribution is 7.80. The van der Waals surface area contributed by atoms with Crippen molar-refractivity contribution in [2.45, 2.75) is 37.3 Å². The molecule has 2 N–H and O–H groups in total. The van der Waals surface area contributed by atoms with Crippen LogP contribution in [0.1, 0.15) is 36.9 Å². The summed E-state index contributed by atoms with van der Waals surface area (Å²) >= 11 is 5.22. The number of halogens is 4. The van der Waals surface area contributed by atoms with Crippen molar-refractivity contribution < 1.29 is 22.3 Å². The number of benzene rings is 1. The van der Waals surface area contributed by atoms with Gasteiger partial charge in [-0.2, -0.15) is 18.2 Å². The van der Waals surface area contributed by atoms with E-state index in [9.17, 15) is 17.6 Å². The Morgan fingerprint density at radius 1 is 1.17 bits per heavy atom. The molecule has 0 unspecified atom stereocenters. The standard InChI is InChI=1S/C19H20F4N4OS/c1-28-15-10-14(19(21,22)23)25-16(26-15)27-17(29)24-11-18(8-2-3-9-18)12-4-6-13(20)7-5-12/h4-7,10H,2-3,8-9,11H2,1H3,(H2,24,25,26,27,29). The van der Waals surface area contributed by atoms with Crippen LogP contribution >= 0.6 is 12.2 Å². The molecule has 0 atom stereocenters. The summed E-state index contributed by atoms with van der Waals surface area (Å²) in [5, 5.41) is 5.73. The van der Waals surface area contributed by atoms with Gasteiger partial charge in [0.05, 0.1) is 7.11 Å². The lowest BCUT2D eigenvalue weighted by atomic mass is 9.79. The van der Waals surface area contributed by atoms with Crippen molar-refractivity contribution in [3.05, 3.63) is 47.4 Å². The number of methoxy groups -OCH3 is 1. The molecular formula is C19H20F4N4OS. The van der Waals surface area contributed by atoms with Gasteiger partial charge in [-0.1, -0.05) is 25.0 Å². The average molecular weight is 428 g/mol. The lowest BCUT2D eigenvalue weighted by molar-refractivity contribution is -0.141. The van der Waals surface area contributed by atoms with E-state index in [4.69, 9.17) is 17.0 Å². The van der Waals surface area contributed by atoms with E-state index in [0.29, 0.717) is 12.6 Å². The Morgan fingerprint density at radius 3 is 2.41 bits per heavy atom. The monoisotopic (exact) mass is 428 g/mol. The number of hydrogen-bond acceptors (Lipinski definition) is 4. The van der Waals surface area contributed by atoms with E-state index in [0.717, 1.165) is 31.2 Å². The maximum Gasteiger partial charge on any atom is 0.433 e. The number of nitrogens with zero attached hydrogens (tertiary/aromatic N) is 2. The van der Waals surface area contributed by atoms with Crippen molar-refractivity contribution in [2.24, 2.45) is 0 Å². The fourth-order valence-electron chi connectivity index (χ4n) is 3.55. The van der Waals surface area contributed by atoms with E-state index in [1.165, 1.54) is 19.2 Å². The molecule has 0 radical (unpaired) electrons. The predicted octanol–water partition coefficient (Wildman–Crippen LogP) is 4.44. The van der Waals surface area contributed by atoms with Gasteiger partial charge in [-0.15, -0.1) is 0 Å². The third-order valence-corrected chi connectivity index (χ3v) is 5.28. The summed E-state index contributed by atoms with van der Waals surface area (Å²) < 4.78 is 57.1. The summed E-state index contributed by atoms with van der Waals surface area (Å²) in [5.74, 6) is -0.838. The van der Waals surface area contributed by atoms with Gasteiger partial charge in [0.2, 0.25) is 11.8 Å². The molecule has 1 saturated carbocycles. The molecule has 1 aromatic heterocycles. The smallest absolute Gasteiger partial charge is 0.433 e. The number of anilines is 1. The van der Waals surface area contributed by atoms with E-state index >= 15 is 0 Å². The van der Waals surface area contributed by atoms with E-state index in [1.807, 2.05) is 0 Å². The second kappa shape index (κ2) is 8.48. The number of aromatic nitrogens is 2. The average Bonchev–Trinajstić information content (AvgIpc) is 3.16. The Bertz CT molecular complexity index is 868. The maximum atomic E-state index is 13.3. The molecule has 0 aliphatic heterocycles. The topological polar surface area (TPSA) is 59.1 Å². The highest BCUT2D eigenvalue weighted by atomic mass is 32.1. The summed E-state index contributed by atoms with van der Waals surface area (Å²) in [6, 6.07) is 7.09. The van der Waals surface area contributed by atoms with E-state index in [1.54, 1.807) is 12.1 Å². The molecule has 2 aromatic rings. The van der Waals surface area contributed by atoms with Crippen LogP contribution in [-0.2, 0) is 11.6 Å². The molecular weight excluding hydrogens is 408 g/mol. The summed E-state index contributed by atoms with van der Waals surface area (Å²) in [5.41, 5.74) is -0.344. The van der Waals surface area contributed by atoms with E-state index in [2.05, 4.69) is 20.6 Å². The lowest BCUT2D eigenvalue weighted by Crippen LogP contribution is -2.41. The van der Waals surface area contributed by atoms with Gasteiger partial charge in [0.25, 0.3) is 0 Å². The third kappa shape index (κ3) is 5.11. The summed E-state index contributed by atoms with van der Waals surface area (Å²) in [4.78, 5) is 7.32. The summed E-state index contributed by atoms with van der Waals surface area (Å²) in [6.45, 7) is 0.459. The first-order valence-electron chi connectivity index (χ1n) is 9.03. The Labute approximate surface area is 170 Å². The molecule has 3 rings (SSSR count). The molecule has 1 aliphatic carbocycles.